The SMILES string of the molecule is C[Si](C)(C)c1[c-]c2c(cc1)-c1ccc([Si](C)(C)C)cc1C2.[Cl-].[Cl-].[Zr+2]=[C]1CC1.c1cc[cH-]c1. The van der Waals surface area contributed by atoms with E-state index in [0.29, 0.717) is 0 Å². The van der Waals surface area contributed by atoms with Gasteiger partial charge in [-0.1, -0.05) is 73.8 Å². The molecule has 1 saturated carbocycles. The van der Waals surface area contributed by atoms with Crippen molar-refractivity contribution >= 4 is 29.7 Å². The van der Waals surface area contributed by atoms with Crippen molar-refractivity contribution in [2.45, 2.75) is 58.5 Å². The van der Waals surface area contributed by atoms with E-state index in [4.69, 9.17) is 0 Å². The second kappa shape index (κ2) is 12.3. The fourth-order valence-corrected chi connectivity index (χ4v) is 6.02. The summed E-state index contributed by atoms with van der Waals surface area (Å²) >= 11 is 1.66. The van der Waals surface area contributed by atoms with E-state index < -0.39 is 16.1 Å². The van der Waals surface area contributed by atoms with E-state index in [1.54, 1.807) is 32.6 Å². The molecule has 0 atom stereocenters. The van der Waals surface area contributed by atoms with Crippen LogP contribution in [0.25, 0.3) is 11.1 Å². The van der Waals surface area contributed by atoms with Crippen molar-refractivity contribution in [1.29, 1.82) is 0 Å². The largest absolute Gasteiger partial charge is 0.214 e. The molecule has 0 N–H and O–H groups in total. The van der Waals surface area contributed by atoms with E-state index in [-0.39, 0.29) is 24.8 Å². The Morgan fingerprint density at radius 3 is 1.81 bits per heavy atom. The summed E-state index contributed by atoms with van der Waals surface area (Å²) in [5.74, 6) is 0. The molecule has 0 saturated heterocycles. The van der Waals surface area contributed by atoms with E-state index in [0.717, 1.165) is 6.42 Å². The summed E-state index contributed by atoms with van der Waals surface area (Å²) in [7, 11) is -2.49. The van der Waals surface area contributed by atoms with Crippen LogP contribution in [-0.2, 0) is 30.7 Å². The van der Waals surface area contributed by atoms with Crippen molar-refractivity contribution in [3.8, 4) is 11.1 Å². The van der Waals surface area contributed by atoms with Crippen LogP contribution in [0.15, 0.2) is 60.7 Å². The minimum Gasteiger partial charge on any atom is -0.214 e. The minimum atomic E-state index is -1.27. The molecule has 3 aromatic carbocycles. The Morgan fingerprint density at radius 1 is 0.812 bits per heavy atom. The number of fused-ring (bicyclic) bond motifs is 3. The van der Waals surface area contributed by atoms with Gasteiger partial charge < -0.3 is 24.8 Å². The third-order valence-electron chi connectivity index (χ3n) is 5.52. The molecule has 2 aliphatic rings. The summed E-state index contributed by atoms with van der Waals surface area (Å²) < 4.78 is 1.76. The van der Waals surface area contributed by atoms with Crippen LogP contribution < -0.4 is 35.2 Å². The molecule has 32 heavy (non-hydrogen) atoms. The Balaban J connectivity index is 0.000000387. The van der Waals surface area contributed by atoms with Crippen molar-refractivity contribution in [1.82, 2.24) is 0 Å². The number of benzene rings is 2. The molecule has 0 unspecified atom stereocenters. The third-order valence-corrected chi connectivity index (χ3v) is 10.7. The molecular formula is C27H34Cl2Si2Zr-2. The smallest absolute Gasteiger partial charge is 0.172 e. The zero-order valence-corrected chi connectivity index (χ0v) is 26.1. The predicted octanol–water partition coefficient (Wildman–Crippen LogP) is 0.0613. The van der Waals surface area contributed by atoms with Crippen LogP contribution in [0.1, 0.15) is 24.0 Å². The van der Waals surface area contributed by atoms with Gasteiger partial charge in [-0.15, -0.1) is 5.56 Å². The fraction of sp³-hybridized carbons (Fsp3) is 0.333. The van der Waals surface area contributed by atoms with E-state index in [1.165, 1.54) is 40.3 Å². The van der Waals surface area contributed by atoms with E-state index >= 15 is 0 Å². The second-order valence-corrected chi connectivity index (χ2v) is 22.2. The van der Waals surface area contributed by atoms with Gasteiger partial charge in [0.15, 0.2) is 0 Å². The van der Waals surface area contributed by atoms with Crippen LogP contribution >= 0.6 is 0 Å². The first kappa shape index (κ1) is 29.6. The third kappa shape index (κ3) is 8.40. The molecule has 2 aliphatic carbocycles. The Morgan fingerprint density at radius 2 is 1.38 bits per heavy atom. The van der Waals surface area contributed by atoms with E-state index in [2.05, 4.69) is 75.7 Å². The first-order valence-corrected chi connectivity index (χ1v) is 19.2. The maximum absolute atomic E-state index is 3.74. The van der Waals surface area contributed by atoms with Crippen LogP contribution in [0, 0.1) is 6.07 Å². The molecule has 0 radical (unpaired) electrons. The minimum absolute atomic E-state index is 0. The first-order valence-electron chi connectivity index (χ1n) is 11.0. The molecule has 0 heterocycles. The average molecular weight is 577 g/mol. The second-order valence-electron chi connectivity index (χ2n) is 10.4. The van der Waals surface area contributed by atoms with Gasteiger partial charge in [0, 0.05) is 0 Å². The van der Waals surface area contributed by atoms with Crippen LogP contribution in [-0.4, -0.2) is 19.4 Å². The monoisotopic (exact) mass is 574 g/mol. The number of halogens is 2. The molecule has 170 valence electrons. The predicted molar refractivity (Wildman–Crippen MR) is 136 cm³/mol. The van der Waals surface area contributed by atoms with Crippen molar-refractivity contribution < 1.29 is 49.0 Å². The normalized spacial score (nSPS) is 13.2. The summed E-state index contributed by atoms with van der Waals surface area (Å²) in [5.41, 5.74) is 5.77. The Hall–Kier alpha value is -0.443. The fourth-order valence-electron chi connectivity index (χ4n) is 3.41. The van der Waals surface area contributed by atoms with Gasteiger partial charge in [0.25, 0.3) is 0 Å². The van der Waals surface area contributed by atoms with Crippen molar-refractivity contribution in [3.05, 3.63) is 77.9 Å². The summed E-state index contributed by atoms with van der Waals surface area (Å²) in [6, 6.07) is 25.5. The summed E-state index contributed by atoms with van der Waals surface area (Å²) in [5, 5.41) is 3.03. The van der Waals surface area contributed by atoms with Gasteiger partial charge in [-0.2, -0.15) is 47.1 Å². The number of hydrogen-bond donors (Lipinski definition) is 0. The number of rotatable bonds is 2. The van der Waals surface area contributed by atoms with Gasteiger partial charge in [0.2, 0.25) is 0 Å². The van der Waals surface area contributed by atoms with Gasteiger partial charge in [-0.3, -0.25) is 0 Å². The zero-order chi connectivity index (χ0) is 21.9. The first-order chi connectivity index (χ1) is 14.1. The molecule has 5 heteroatoms. The molecule has 0 aromatic heterocycles. The van der Waals surface area contributed by atoms with Crippen molar-refractivity contribution in [3.63, 3.8) is 0 Å². The van der Waals surface area contributed by atoms with Crippen LogP contribution in [0.5, 0.6) is 0 Å². The maximum atomic E-state index is 3.74. The molecule has 1 fully saturated rings. The molecule has 5 rings (SSSR count). The Bertz CT molecular complexity index is 928. The Labute approximate surface area is 224 Å². The molecule has 0 spiro atoms. The topological polar surface area (TPSA) is 0 Å². The molecule has 0 amide bonds. The van der Waals surface area contributed by atoms with Crippen molar-refractivity contribution in [2.24, 2.45) is 0 Å². The van der Waals surface area contributed by atoms with Crippen LogP contribution in [0.4, 0.5) is 0 Å². The van der Waals surface area contributed by atoms with Gasteiger partial charge in [-0.25, -0.2) is 12.1 Å². The summed E-state index contributed by atoms with van der Waals surface area (Å²) in [6.45, 7) is 14.5. The maximum Gasteiger partial charge on any atom is -0.172 e. The van der Waals surface area contributed by atoms with Gasteiger partial charge in [0.05, 0.1) is 16.1 Å². The molecule has 0 aliphatic heterocycles. The summed E-state index contributed by atoms with van der Waals surface area (Å²) in [6.07, 6.45) is 3.96. The van der Waals surface area contributed by atoms with Gasteiger partial charge >= 0.3 is 40.3 Å². The number of hydrogen-bond acceptors (Lipinski definition) is 0. The van der Waals surface area contributed by atoms with Crippen LogP contribution in [0.3, 0.4) is 0 Å². The van der Waals surface area contributed by atoms with Crippen LogP contribution in [0.2, 0.25) is 39.3 Å². The summed E-state index contributed by atoms with van der Waals surface area (Å²) in [4.78, 5) is 0. The molecule has 0 bridgehead atoms. The van der Waals surface area contributed by atoms with Gasteiger partial charge in [0.1, 0.15) is 0 Å². The molecule has 3 aromatic rings. The van der Waals surface area contributed by atoms with Crippen molar-refractivity contribution in [2.75, 3.05) is 0 Å². The van der Waals surface area contributed by atoms with Gasteiger partial charge in [-0.05, 0) is 6.42 Å². The quantitative estimate of drug-likeness (QED) is 0.234. The zero-order valence-electron chi connectivity index (χ0n) is 20.2. The standard InChI is InChI=1S/C19H25Si2.C5H5.C3H4.2ClH.Zr/c1-20(2,3)16-7-9-18-14(12-16)11-15-13-17(21(4,5)6)8-10-19(15)18;1-2-4-5-3-1;1-2-3-1;;;/h7-10,12H,11H2,1-6H3;1-5H;1-2H2;2*1H;/q2*-1;;;;+2/p-2. The average Bonchev–Trinajstić information content (AvgIpc) is 3.15. The Kier molecular flexibility index (Phi) is 11.4. The molecular weight excluding hydrogens is 543 g/mol. The molecule has 0 nitrogen and oxygen atoms in total. The van der Waals surface area contributed by atoms with E-state index in [1.807, 2.05) is 30.3 Å². The van der Waals surface area contributed by atoms with E-state index in [9.17, 15) is 0 Å².